The zero-order chi connectivity index (χ0) is 26.9. The first kappa shape index (κ1) is 26.9. The average Bonchev–Trinajstić information content (AvgIpc) is 3.47. The van der Waals surface area contributed by atoms with Gasteiger partial charge in [0.2, 0.25) is 0 Å². The van der Waals surface area contributed by atoms with Crippen molar-refractivity contribution in [3.63, 3.8) is 0 Å². The van der Waals surface area contributed by atoms with Crippen molar-refractivity contribution >= 4 is 45.0 Å². The number of fused-ring (bicyclic) bond motifs is 1. The summed E-state index contributed by atoms with van der Waals surface area (Å²) in [7, 11) is 0. The molecule has 0 unspecified atom stereocenters. The Hall–Kier alpha value is -2.73. The third-order valence-corrected chi connectivity index (χ3v) is 8.72. The van der Waals surface area contributed by atoms with Gasteiger partial charge >= 0.3 is 6.18 Å². The lowest BCUT2D eigenvalue weighted by molar-refractivity contribution is -0.141. The summed E-state index contributed by atoms with van der Waals surface area (Å²) in [6.07, 6.45) is 0.0774. The van der Waals surface area contributed by atoms with Crippen molar-refractivity contribution < 1.29 is 22.8 Å². The van der Waals surface area contributed by atoms with Crippen LogP contribution in [0.4, 0.5) is 18.9 Å². The predicted molar refractivity (Wildman–Crippen MR) is 143 cm³/mol. The fourth-order valence-corrected chi connectivity index (χ4v) is 6.82. The molecule has 1 aliphatic heterocycles. The zero-order valence-corrected chi connectivity index (χ0v) is 23.2. The third kappa shape index (κ3) is 5.66. The lowest BCUT2D eigenvalue weighted by atomic mass is 9.96. The van der Waals surface area contributed by atoms with E-state index in [1.54, 1.807) is 23.2 Å². The highest BCUT2D eigenvalue weighted by Gasteiger charge is 2.41. The predicted octanol–water partition coefficient (Wildman–Crippen LogP) is 6.27. The van der Waals surface area contributed by atoms with Gasteiger partial charge in [-0.1, -0.05) is 33.2 Å². The molecule has 1 saturated heterocycles. The summed E-state index contributed by atoms with van der Waals surface area (Å²) in [6.45, 7) is 2.68. The number of oxime groups is 1. The number of aromatic nitrogens is 3. The molecule has 12 heteroatoms. The van der Waals surface area contributed by atoms with Gasteiger partial charge in [0.05, 0.1) is 22.9 Å². The van der Waals surface area contributed by atoms with Gasteiger partial charge in [0.1, 0.15) is 24.3 Å². The van der Waals surface area contributed by atoms with Gasteiger partial charge in [0.25, 0.3) is 0 Å². The summed E-state index contributed by atoms with van der Waals surface area (Å²) >= 11 is 5.15. The lowest BCUT2D eigenvalue weighted by Crippen LogP contribution is -2.34. The van der Waals surface area contributed by atoms with Crippen molar-refractivity contribution in [2.75, 3.05) is 18.0 Å². The van der Waals surface area contributed by atoms with Gasteiger partial charge in [-0.25, -0.2) is 4.98 Å². The van der Waals surface area contributed by atoms with E-state index in [9.17, 15) is 18.0 Å². The molecule has 38 heavy (non-hydrogen) atoms. The summed E-state index contributed by atoms with van der Waals surface area (Å²) in [5.74, 6) is 0.172. The highest BCUT2D eigenvalue weighted by Crippen LogP contribution is 2.41. The van der Waals surface area contributed by atoms with E-state index in [2.05, 4.69) is 26.2 Å². The SMILES string of the molecule is Cc1c(N2CCC(c3nc4c(s3)CCCC4=NOCc3cccc(Br)c3)CC2)c(C(F)(F)F)nn1CC=O. The monoisotopic (exact) mass is 609 g/mol. The number of aryl methyl sites for hydroxylation is 1. The molecule has 0 atom stereocenters. The Morgan fingerprint density at radius 2 is 2.05 bits per heavy atom. The molecule has 3 heterocycles. The number of carbonyl (C=O) groups excluding carboxylic acids is 1. The molecule has 0 amide bonds. The third-order valence-electron chi connectivity index (χ3n) is 6.95. The van der Waals surface area contributed by atoms with Crippen LogP contribution in [0.15, 0.2) is 33.9 Å². The Labute approximate surface area is 230 Å². The molecule has 0 N–H and O–H groups in total. The van der Waals surface area contributed by atoms with Crippen LogP contribution < -0.4 is 4.90 Å². The fourth-order valence-electron chi connectivity index (χ4n) is 5.08. The number of benzene rings is 1. The summed E-state index contributed by atoms with van der Waals surface area (Å²) < 4.78 is 43.3. The molecule has 202 valence electrons. The van der Waals surface area contributed by atoms with Crippen LogP contribution in [0.3, 0.4) is 0 Å². The minimum Gasteiger partial charge on any atom is -0.391 e. The second-order valence-electron chi connectivity index (χ2n) is 9.51. The highest BCUT2D eigenvalue weighted by molar-refractivity contribution is 9.10. The lowest BCUT2D eigenvalue weighted by Gasteiger charge is -2.33. The van der Waals surface area contributed by atoms with Gasteiger partial charge in [-0.2, -0.15) is 18.3 Å². The quantitative estimate of drug-likeness (QED) is 0.233. The van der Waals surface area contributed by atoms with Gasteiger partial charge in [-0.05, 0) is 56.7 Å². The molecular weight excluding hydrogens is 583 g/mol. The molecule has 2 aromatic heterocycles. The van der Waals surface area contributed by atoms with E-state index in [1.807, 2.05) is 24.3 Å². The Morgan fingerprint density at radius 3 is 2.76 bits per heavy atom. The standard InChI is InChI=1S/C26H27BrF3N5O2S/c1-16-23(24(26(28,29)30)32-35(16)12-13-36)34-10-8-18(9-11-34)25-31-22-20(6-3-7-21(22)38-25)33-37-15-17-4-2-5-19(27)14-17/h2,4-5,13-14,18H,3,6-12,15H2,1H3. The maximum atomic E-state index is 13.7. The zero-order valence-electron chi connectivity index (χ0n) is 20.8. The summed E-state index contributed by atoms with van der Waals surface area (Å²) in [4.78, 5) is 24.5. The summed E-state index contributed by atoms with van der Waals surface area (Å²) in [5, 5.41) is 9.14. The van der Waals surface area contributed by atoms with Gasteiger partial charge in [0, 0.05) is 28.4 Å². The van der Waals surface area contributed by atoms with E-state index < -0.39 is 11.9 Å². The second-order valence-corrected chi connectivity index (χ2v) is 11.5. The van der Waals surface area contributed by atoms with Crippen molar-refractivity contribution in [3.05, 3.63) is 61.3 Å². The molecule has 3 aromatic rings. The number of hydrogen-bond acceptors (Lipinski definition) is 7. The topological polar surface area (TPSA) is 72.6 Å². The number of thiazole rings is 1. The van der Waals surface area contributed by atoms with Crippen LogP contribution in [0.2, 0.25) is 0 Å². The van der Waals surface area contributed by atoms with E-state index >= 15 is 0 Å². The number of carbonyl (C=O) groups is 1. The minimum absolute atomic E-state index is 0.0771. The molecule has 0 saturated carbocycles. The van der Waals surface area contributed by atoms with Crippen LogP contribution in [0.1, 0.15) is 64.1 Å². The first-order valence-electron chi connectivity index (χ1n) is 12.5. The number of aldehydes is 1. The molecule has 7 nitrogen and oxygen atoms in total. The number of alkyl halides is 3. The van der Waals surface area contributed by atoms with E-state index in [1.165, 1.54) is 4.88 Å². The maximum Gasteiger partial charge on any atom is 0.437 e. The normalized spacial score (nSPS) is 17.6. The molecule has 5 rings (SSSR count). The second kappa shape index (κ2) is 11.2. The number of halogens is 4. The molecule has 0 spiro atoms. The van der Waals surface area contributed by atoms with E-state index in [0.717, 1.165) is 50.4 Å². The molecule has 1 aliphatic carbocycles. The van der Waals surface area contributed by atoms with Gasteiger partial charge < -0.3 is 14.5 Å². The van der Waals surface area contributed by atoms with Crippen LogP contribution >= 0.6 is 27.3 Å². The number of anilines is 1. The molecule has 0 bridgehead atoms. The van der Waals surface area contributed by atoms with Crippen LogP contribution in [-0.4, -0.2) is 39.9 Å². The van der Waals surface area contributed by atoms with E-state index in [-0.39, 0.29) is 18.2 Å². The fraction of sp³-hybridized carbons (Fsp3) is 0.462. The minimum atomic E-state index is -4.59. The largest absolute Gasteiger partial charge is 0.437 e. The maximum absolute atomic E-state index is 13.7. The molecule has 1 aromatic carbocycles. The summed E-state index contributed by atoms with van der Waals surface area (Å²) in [6, 6.07) is 7.89. The number of nitrogens with zero attached hydrogens (tertiary/aromatic N) is 5. The Bertz CT molecular complexity index is 1350. The van der Waals surface area contributed by atoms with Crippen LogP contribution in [0, 0.1) is 6.92 Å². The Morgan fingerprint density at radius 1 is 1.26 bits per heavy atom. The molecule has 2 aliphatic rings. The van der Waals surface area contributed by atoms with Crippen molar-refractivity contribution in [2.24, 2.45) is 5.16 Å². The van der Waals surface area contributed by atoms with E-state index in [4.69, 9.17) is 9.82 Å². The van der Waals surface area contributed by atoms with Crippen molar-refractivity contribution in [2.45, 2.75) is 64.3 Å². The summed E-state index contributed by atoms with van der Waals surface area (Å²) in [5.41, 5.74) is 2.28. The highest BCUT2D eigenvalue weighted by atomic mass is 79.9. The molecule has 1 fully saturated rings. The molecule has 0 radical (unpaired) electrons. The number of piperidine rings is 1. The number of hydrogen-bond donors (Lipinski definition) is 0. The van der Waals surface area contributed by atoms with Crippen molar-refractivity contribution in [1.29, 1.82) is 0 Å². The first-order valence-corrected chi connectivity index (χ1v) is 14.1. The van der Waals surface area contributed by atoms with Gasteiger partial charge in [-0.3, -0.25) is 4.68 Å². The molecular formula is C26H27BrF3N5O2S. The Kier molecular flexibility index (Phi) is 7.90. The average molecular weight is 611 g/mol. The van der Waals surface area contributed by atoms with Crippen LogP contribution in [0.5, 0.6) is 0 Å². The van der Waals surface area contributed by atoms with Crippen molar-refractivity contribution in [1.82, 2.24) is 14.8 Å². The van der Waals surface area contributed by atoms with Gasteiger partial charge in [0.15, 0.2) is 5.69 Å². The Balaban J connectivity index is 1.28. The van der Waals surface area contributed by atoms with Gasteiger partial charge in [-0.15, -0.1) is 11.3 Å². The number of rotatable bonds is 7. The van der Waals surface area contributed by atoms with E-state index in [0.29, 0.717) is 44.5 Å². The first-order chi connectivity index (χ1) is 18.2. The van der Waals surface area contributed by atoms with Crippen molar-refractivity contribution in [3.8, 4) is 0 Å². The van der Waals surface area contributed by atoms with Crippen LogP contribution in [-0.2, 0) is 35.4 Å². The smallest absolute Gasteiger partial charge is 0.391 e. The van der Waals surface area contributed by atoms with Crippen LogP contribution in [0.25, 0.3) is 0 Å².